The third kappa shape index (κ3) is 3.27. The van der Waals surface area contributed by atoms with Gasteiger partial charge in [0.15, 0.2) is 0 Å². The zero-order valence-corrected chi connectivity index (χ0v) is 13.5. The van der Waals surface area contributed by atoms with Gasteiger partial charge in [-0.1, -0.05) is 11.6 Å². The van der Waals surface area contributed by atoms with E-state index < -0.39 is 0 Å². The second-order valence-corrected chi connectivity index (χ2v) is 6.79. The number of rotatable bonds is 5. The first-order chi connectivity index (χ1) is 10.0. The number of aromatic nitrogens is 3. The maximum Gasteiger partial charge on any atom is 0.291 e. The molecule has 1 unspecified atom stereocenters. The van der Waals surface area contributed by atoms with E-state index in [0.29, 0.717) is 23.2 Å². The summed E-state index contributed by atoms with van der Waals surface area (Å²) in [5.74, 6) is 0.586. The van der Waals surface area contributed by atoms with Gasteiger partial charge in [0, 0.05) is 17.6 Å². The van der Waals surface area contributed by atoms with Gasteiger partial charge in [0.2, 0.25) is 0 Å². The molecule has 1 fully saturated rings. The lowest BCUT2D eigenvalue weighted by Gasteiger charge is -2.14. The third-order valence-corrected chi connectivity index (χ3v) is 4.93. The fraction of sp³-hybridized carbons (Fsp3) is 0.500. The van der Waals surface area contributed by atoms with Gasteiger partial charge in [-0.15, -0.1) is 11.3 Å². The Morgan fingerprint density at radius 3 is 2.95 bits per heavy atom. The fourth-order valence-corrected chi connectivity index (χ4v) is 3.11. The van der Waals surface area contributed by atoms with Crippen molar-refractivity contribution in [3.63, 3.8) is 0 Å². The minimum Gasteiger partial charge on any atom is -0.370 e. The topological polar surface area (TPSA) is 59.8 Å². The summed E-state index contributed by atoms with van der Waals surface area (Å²) in [6.07, 6.45) is 3.89. The number of anilines is 1. The summed E-state index contributed by atoms with van der Waals surface area (Å²) >= 11 is 7.71. The molecule has 2 heterocycles. The predicted molar refractivity (Wildman–Crippen MR) is 85.1 cm³/mol. The van der Waals surface area contributed by atoms with Gasteiger partial charge in [-0.2, -0.15) is 5.10 Å². The van der Waals surface area contributed by atoms with Crippen LogP contribution in [0.3, 0.4) is 0 Å². The Kier molecular flexibility index (Phi) is 3.99. The van der Waals surface area contributed by atoms with Crippen LogP contribution in [0.15, 0.2) is 16.4 Å². The monoisotopic (exact) mass is 324 g/mol. The van der Waals surface area contributed by atoms with Crippen molar-refractivity contribution < 1.29 is 0 Å². The van der Waals surface area contributed by atoms with Crippen LogP contribution in [0.2, 0.25) is 5.02 Å². The van der Waals surface area contributed by atoms with Crippen molar-refractivity contribution in [1.82, 2.24) is 14.8 Å². The van der Waals surface area contributed by atoms with Crippen molar-refractivity contribution in [3.05, 3.63) is 37.7 Å². The summed E-state index contributed by atoms with van der Waals surface area (Å²) in [7, 11) is 0. The largest absolute Gasteiger partial charge is 0.370 e. The first-order valence-corrected chi connectivity index (χ1v) is 8.24. The molecule has 1 atom stereocenters. The molecule has 0 aliphatic heterocycles. The predicted octanol–water partition coefficient (Wildman–Crippen LogP) is 3.24. The standard InChI is InChI=1S/C14H17ClN4OS/c1-8-7-21-13(17-8)9(2)18-12-11(15)5-16-19(14(12)20)6-10-3-4-10/h5,7,9-10,18H,3-4,6H2,1-2H3. The fourth-order valence-electron chi connectivity index (χ4n) is 2.12. The lowest BCUT2D eigenvalue weighted by molar-refractivity contribution is 0.534. The van der Waals surface area contributed by atoms with E-state index in [1.54, 1.807) is 11.3 Å². The number of thiazole rings is 1. The number of halogens is 1. The van der Waals surface area contributed by atoms with E-state index >= 15 is 0 Å². The molecular weight excluding hydrogens is 308 g/mol. The summed E-state index contributed by atoms with van der Waals surface area (Å²) in [5.41, 5.74) is 1.23. The molecule has 1 aliphatic rings. The molecule has 2 aromatic rings. The van der Waals surface area contributed by atoms with Gasteiger partial charge in [-0.25, -0.2) is 9.67 Å². The highest BCUT2D eigenvalue weighted by atomic mass is 35.5. The Morgan fingerprint density at radius 1 is 1.57 bits per heavy atom. The van der Waals surface area contributed by atoms with E-state index in [4.69, 9.17) is 11.6 Å². The van der Waals surface area contributed by atoms with Crippen LogP contribution in [0.4, 0.5) is 5.69 Å². The van der Waals surface area contributed by atoms with Crippen molar-refractivity contribution in [2.75, 3.05) is 5.32 Å². The van der Waals surface area contributed by atoms with Gasteiger partial charge in [-0.3, -0.25) is 4.79 Å². The number of hydrogen-bond donors (Lipinski definition) is 1. The summed E-state index contributed by atoms with van der Waals surface area (Å²) in [5, 5.41) is 10.6. The number of nitrogens with zero attached hydrogens (tertiary/aromatic N) is 3. The van der Waals surface area contributed by atoms with Crippen molar-refractivity contribution in [1.29, 1.82) is 0 Å². The van der Waals surface area contributed by atoms with Crippen LogP contribution in [-0.2, 0) is 6.54 Å². The minimum atomic E-state index is -0.158. The summed E-state index contributed by atoms with van der Waals surface area (Å²) < 4.78 is 1.51. The number of nitrogens with one attached hydrogen (secondary N) is 1. The highest BCUT2D eigenvalue weighted by Gasteiger charge is 2.24. The normalized spacial score (nSPS) is 16.0. The Hall–Kier alpha value is -1.40. The molecule has 0 amide bonds. The number of aryl methyl sites for hydroxylation is 1. The molecule has 1 aliphatic carbocycles. The maximum atomic E-state index is 12.5. The number of hydrogen-bond acceptors (Lipinski definition) is 5. The van der Waals surface area contributed by atoms with Gasteiger partial charge < -0.3 is 5.32 Å². The minimum absolute atomic E-state index is 0.0642. The van der Waals surface area contributed by atoms with Crippen LogP contribution in [0, 0.1) is 12.8 Å². The molecule has 3 rings (SSSR count). The molecule has 2 aromatic heterocycles. The molecule has 112 valence electrons. The molecule has 1 N–H and O–H groups in total. The van der Waals surface area contributed by atoms with Crippen molar-refractivity contribution in [3.8, 4) is 0 Å². The molecule has 0 bridgehead atoms. The summed E-state index contributed by atoms with van der Waals surface area (Å²) in [4.78, 5) is 16.9. The average molecular weight is 325 g/mol. The quantitative estimate of drug-likeness (QED) is 0.917. The molecule has 5 nitrogen and oxygen atoms in total. The van der Waals surface area contributed by atoms with Crippen LogP contribution in [0.5, 0.6) is 0 Å². The van der Waals surface area contributed by atoms with E-state index in [2.05, 4.69) is 15.4 Å². The third-order valence-electron chi connectivity index (χ3n) is 3.49. The van der Waals surface area contributed by atoms with E-state index in [1.165, 1.54) is 23.7 Å². The lowest BCUT2D eigenvalue weighted by atomic mass is 10.3. The average Bonchev–Trinajstić information content (AvgIpc) is 3.17. The molecule has 0 saturated heterocycles. The van der Waals surface area contributed by atoms with Gasteiger partial charge in [0.25, 0.3) is 5.56 Å². The molecule has 0 spiro atoms. The molecular formula is C14H17ClN4OS. The zero-order chi connectivity index (χ0) is 15.0. The van der Waals surface area contributed by atoms with E-state index in [-0.39, 0.29) is 11.6 Å². The van der Waals surface area contributed by atoms with Crippen molar-refractivity contribution >= 4 is 28.6 Å². The Bertz CT molecular complexity index is 707. The molecule has 21 heavy (non-hydrogen) atoms. The first-order valence-electron chi connectivity index (χ1n) is 6.98. The second kappa shape index (κ2) is 5.77. The van der Waals surface area contributed by atoms with Crippen LogP contribution in [0.25, 0.3) is 0 Å². The Balaban J connectivity index is 1.85. The zero-order valence-electron chi connectivity index (χ0n) is 12.0. The highest BCUT2D eigenvalue weighted by molar-refractivity contribution is 7.09. The van der Waals surface area contributed by atoms with Crippen LogP contribution in [0.1, 0.15) is 36.5 Å². The highest BCUT2D eigenvalue weighted by Crippen LogP contribution is 2.30. The molecule has 7 heteroatoms. The Labute approximate surface area is 132 Å². The van der Waals surface area contributed by atoms with E-state index in [9.17, 15) is 4.79 Å². The van der Waals surface area contributed by atoms with Gasteiger partial charge in [0.1, 0.15) is 10.7 Å². The molecule has 0 aromatic carbocycles. The Morgan fingerprint density at radius 2 is 2.33 bits per heavy atom. The summed E-state index contributed by atoms with van der Waals surface area (Å²) in [6, 6.07) is -0.0642. The van der Waals surface area contributed by atoms with Gasteiger partial charge in [0.05, 0.1) is 17.3 Å². The molecule has 1 saturated carbocycles. The van der Waals surface area contributed by atoms with Crippen LogP contribution >= 0.6 is 22.9 Å². The van der Waals surface area contributed by atoms with Gasteiger partial charge in [-0.05, 0) is 32.6 Å². The van der Waals surface area contributed by atoms with Crippen molar-refractivity contribution in [2.45, 2.75) is 39.3 Å². The van der Waals surface area contributed by atoms with Crippen molar-refractivity contribution in [2.24, 2.45) is 5.92 Å². The van der Waals surface area contributed by atoms with E-state index in [1.807, 2.05) is 19.2 Å². The van der Waals surface area contributed by atoms with Gasteiger partial charge >= 0.3 is 0 Å². The first kappa shape index (κ1) is 14.5. The SMILES string of the molecule is Cc1csc(C(C)Nc2c(Cl)cnn(CC3CC3)c2=O)n1. The smallest absolute Gasteiger partial charge is 0.291 e. The second-order valence-electron chi connectivity index (χ2n) is 5.49. The lowest BCUT2D eigenvalue weighted by Crippen LogP contribution is -2.27. The van der Waals surface area contributed by atoms with E-state index in [0.717, 1.165) is 10.7 Å². The maximum absolute atomic E-state index is 12.5. The van der Waals surface area contributed by atoms with Crippen LogP contribution < -0.4 is 10.9 Å². The van der Waals surface area contributed by atoms with Crippen LogP contribution in [-0.4, -0.2) is 14.8 Å². The summed E-state index contributed by atoms with van der Waals surface area (Å²) in [6.45, 7) is 4.60. The molecule has 0 radical (unpaired) electrons.